The Bertz CT molecular complexity index is 887. The Morgan fingerprint density at radius 2 is 1.54 bits per heavy atom. The van der Waals surface area contributed by atoms with Gasteiger partial charge in [0.1, 0.15) is 17.2 Å². The van der Waals surface area contributed by atoms with E-state index in [-0.39, 0.29) is 23.5 Å². The molecule has 0 saturated carbocycles. The van der Waals surface area contributed by atoms with E-state index in [4.69, 9.17) is 14.2 Å². The minimum atomic E-state index is -3.25. The van der Waals surface area contributed by atoms with Crippen LogP contribution in [0.2, 0.25) is 0 Å². The molecule has 0 aromatic heterocycles. The van der Waals surface area contributed by atoms with E-state index in [0.29, 0.717) is 23.7 Å². The van der Waals surface area contributed by atoms with E-state index in [1.54, 1.807) is 42.5 Å². The first-order chi connectivity index (χ1) is 13.3. The Hall–Kier alpha value is -2.74. The van der Waals surface area contributed by atoms with Crippen LogP contribution in [0.4, 0.5) is 0 Å². The van der Waals surface area contributed by atoms with Gasteiger partial charge in [0.25, 0.3) is 5.91 Å². The molecule has 0 fully saturated rings. The molecule has 152 valence electrons. The topological polar surface area (TPSA) is 90.9 Å². The van der Waals surface area contributed by atoms with Crippen LogP contribution in [-0.2, 0) is 14.6 Å². The number of methoxy groups -OCH3 is 2. The molecule has 28 heavy (non-hydrogen) atoms. The van der Waals surface area contributed by atoms with Crippen molar-refractivity contribution < 1.29 is 27.4 Å². The highest BCUT2D eigenvalue weighted by Crippen LogP contribution is 2.27. The molecule has 0 heterocycles. The van der Waals surface area contributed by atoms with Crippen molar-refractivity contribution in [1.29, 1.82) is 0 Å². The molecule has 2 aromatic rings. The predicted octanol–water partition coefficient (Wildman–Crippen LogP) is 2.75. The molecule has 0 unspecified atom stereocenters. The number of sulfone groups is 1. The van der Waals surface area contributed by atoms with Crippen molar-refractivity contribution in [3.63, 3.8) is 0 Å². The number of carbonyl (C=O) groups excluding carboxylic acids is 1. The summed E-state index contributed by atoms with van der Waals surface area (Å²) in [5, 5.41) is 2.89. The molecule has 1 amide bonds. The molecule has 0 radical (unpaired) electrons. The lowest BCUT2D eigenvalue weighted by molar-refractivity contribution is -0.123. The van der Waals surface area contributed by atoms with Crippen LogP contribution in [0, 0.1) is 0 Å². The first-order valence-corrected chi connectivity index (χ1v) is 10.6. The standard InChI is InChI=1S/C20H25NO6S/c1-5-19(14-6-8-18(9-7-14)28(4,23)24)21-20(22)13-27-17-11-15(25-2)10-16(12-17)26-3/h6-12,19H,5,13H2,1-4H3,(H,21,22)/t19-/m1/s1. The molecule has 0 aliphatic rings. The number of benzene rings is 2. The van der Waals surface area contributed by atoms with Gasteiger partial charge in [0.2, 0.25) is 0 Å². The molecule has 0 bridgehead atoms. The number of hydrogen-bond donors (Lipinski definition) is 1. The summed E-state index contributed by atoms with van der Waals surface area (Å²) >= 11 is 0. The Kier molecular flexibility index (Phi) is 7.28. The van der Waals surface area contributed by atoms with Gasteiger partial charge in [-0.25, -0.2) is 8.42 Å². The van der Waals surface area contributed by atoms with E-state index in [1.165, 1.54) is 14.2 Å². The molecule has 2 aromatic carbocycles. The maximum absolute atomic E-state index is 12.3. The number of amides is 1. The number of carbonyl (C=O) groups is 1. The molecule has 8 heteroatoms. The van der Waals surface area contributed by atoms with E-state index in [9.17, 15) is 13.2 Å². The summed E-state index contributed by atoms with van der Waals surface area (Å²) in [6.45, 7) is 1.76. The molecule has 1 N–H and O–H groups in total. The summed E-state index contributed by atoms with van der Waals surface area (Å²) < 4.78 is 39.0. The Morgan fingerprint density at radius 3 is 2.00 bits per heavy atom. The average molecular weight is 407 g/mol. The van der Waals surface area contributed by atoms with Gasteiger partial charge < -0.3 is 19.5 Å². The zero-order valence-electron chi connectivity index (χ0n) is 16.4. The van der Waals surface area contributed by atoms with Crippen molar-refractivity contribution in [3.8, 4) is 17.2 Å². The Morgan fingerprint density at radius 1 is 1.00 bits per heavy atom. The summed E-state index contributed by atoms with van der Waals surface area (Å²) in [5.74, 6) is 1.29. The van der Waals surface area contributed by atoms with Crippen LogP contribution in [-0.4, -0.2) is 41.4 Å². The van der Waals surface area contributed by atoms with Crippen molar-refractivity contribution in [3.05, 3.63) is 48.0 Å². The highest BCUT2D eigenvalue weighted by molar-refractivity contribution is 7.90. The minimum absolute atomic E-state index is 0.172. The van der Waals surface area contributed by atoms with Crippen LogP contribution in [0.3, 0.4) is 0 Å². The van der Waals surface area contributed by atoms with E-state index >= 15 is 0 Å². The summed E-state index contributed by atoms with van der Waals surface area (Å²) in [6.07, 6.45) is 1.81. The first kappa shape index (κ1) is 21.6. The number of hydrogen-bond acceptors (Lipinski definition) is 6. The second-order valence-electron chi connectivity index (χ2n) is 6.21. The largest absolute Gasteiger partial charge is 0.496 e. The second kappa shape index (κ2) is 9.45. The fourth-order valence-electron chi connectivity index (χ4n) is 2.62. The molecule has 0 aliphatic heterocycles. The fraction of sp³-hybridized carbons (Fsp3) is 0.350. The molecule has 0 spiro atoms. The zero-order valence-corrected chi connectivity index (χ0v) is 17.2. The third-order valence-electron chi connectivity index (χ3n) is 4.15. The zero-order chi connectivity index (χ0) is 20.7. The van der Waals surface area contributed by atoms with Crippen LogP contribution in [0.1, 0.15) is 24.9 Å². The third-order valence-corrected chi connectivity index (χ3v) is 5.28. The van der Waals surface area contributed by atoms with Gasteiger partial charge in [0.05, 0.1) is 25.2 Å². The van der Waals surface area contributed by atoms with Crippen molar-refractivity contribution in [2.75, 3.05) is 27.1 Å². The van der Waals surface area contributed by atoms with E-state index in [2.05, 4.69) is 5.32 Å². The molecule has 7 nitrogen and oxygen atoms in total. The molecule has 0 aliphatic carbocycles. The normalized spacial score (nSPS) is 12.1. The summed E-state index contributed by atoms with van der Waals surface area (Å²) in [4.78, 5) is 12.5. The van der Waals surface area contributed by atoms with Crippen molar-refractivity contribution in [2.45, 2.75) is 24.3 Å². The highest BCUT2D eigenvalue weighted by atomic mass is 32.2. The smallest absolute Gasteiger partial charge is 0.258 e. The maximum atomic E-state index is 12.3. The molecule has 1 atom stereocenters. The lowest BCUT2D eigenvalue weighted by atomic mass is 10.0. The van der Waals surface area contributed by atoms with Gasteiger partial charge in [-0.2, -0.15) is 0 Å². The maximum Gasteiger partial charge on any atom is 0.258 e. The van der Waals surface area contributed by atoms with Crippen molar-refractivity contribution in [1.82, 2.24) is 5.32 Å². The quantitative estimate of drug-likeness (QED) is 0.687. The molecule has 0 saturated heterocycles. The highest BCUT2D eigenvalue weighted by Gasteiger charge is 2.15. The van der Waals surface area contributed by atoms with Crippen LogP contribution >= 0.6 is 0 Å². The van der Waals surface area contributed by atoms with Gasteiger partial charge >= 0.3 is 0 Å². The van der Waals surface area contributed by atoms with Gasteiger partial charge in [-0.3, -0.25) is 4.79 Å². The summed E-state index contributed by atoms with van der Waals surface area (Å²) in [6, 6.07) is 11.3. The predicted molar refractivity (Wildman–Crippen MR) is 106 cm³/mol. The summed E-state index contributed by atoms with van der Waals surface area (Å²) in [5.41, 5.74) is 0.825. The molecule has 2 rings (SSSR count). The minimum Gasteiger partial charge on any atom is -0.496 e. The van der Waals surface area contributed by atoms with E-state index < -0.39 is 9.84 Å². The fourth-order valence-corrected chi connectivity index (χ4v) is 3.25. The van der Waals surface area contributed by atoms with Crippen LogP contribution in [0.15, 0.2) is 47.4 Å². The number of nitrogens with one attached hydrogen (secondary N) is 1. The van der Waals surface area contributed by atoms with Crippen molar-refractivity contribution >= 4 is 15.7 Å². The number of ether oxygens (including phenoxy) is 3. The average Bonchev–Trinajstić information content (AvgIpc) is 2.69. The van der Waals surface area contributed by atoms with Gasteiger partial charge in [0.15, 0.2) is 16.4 Å². The monoisotopic (exact) mass is 407 g/mol. The van der Waals surface area contributed by atoms with Crippen LogP contribution in [0.5, 0.6) is 17.2 Å². The van der Waals surface area contributed by atoms with Crippen molar-refractivity contribution in [2.24, 2.45) is 0 Å². The van der Waals surface area contributed by atoms with E-state index in [1.807, 2.05) is 6.92 Å². The molecular weight excluding hydrogens is 382 g/mol. The first-order valence-electron chi connectivity index (χ1n) is 8.72. The second-order valence-corrected chi connectivity index (χ2v) is 8.22. The third kappa shape index (κ3) is 5.88. The van der Waals surface area contributed by atoms with Gasteiger partial charge in [-0.05, 0) is 24.1 Å². The SMILES string of the molecule is CC[C@@H](NC(=O)COc1cc(OC)cc(OC)c1)c1ccc(S(C)(=O)=O)cc1. The van der Waals surface area contributed by atoms with E-state index in [0.717, 1.165) is 11.8 Å². The molecular formula is C20H25NO6S. The lowest BCUT2D eigenvalue weighted by Crippen LogP contribution is -2.32. The van der Waals surface area contributed by atoms with Gasteiger partial charge in [-0.15, -0.1) is 0 Å². The van der Waals surface area contributed by atoms with Gasteiger partial charge in [0, 0.05) is 24.5 Å². The Balaban J connectivity index is 2.01. The Labute approximate surface area is 165 Å². The lowest BCUT2D eigenvalue weighted by Gasteiger charge is -2.18. The van der Waals surface area contributed by atoms with Crippen LogP contribution < -0.4 is 19.5 Å². The van der Waals surface area contributed by atoms with Crippen LogP contribution in [0.25, 0.3) is 0 Å². The van der Waals surface area contributed by atoms with Gasteiger partial charge in [-0.1, -0.05) is 19.1 Å². The summed E-state index contributed by atoms with van der Waals surface area (Å²) in [7, 11) is -0.186. The number of rotatable bonds is 9.